The van der Waals surface area contributed by atoms with Crippen LogP contribution in [0.2, 0.25) is 0 Å². The highest BCUT2D eigenvalue weighted by Gasteiger charge is 2.26. The fraction of sp³-hybridized carbons (Fsp3) is 1.00. The van der Waals surface area contributed by atoms with Crippen LogP contribution in [0.15, 0.2) is 0 Å². The molecule has 1 N–H and O–H groups in total. The number of nitrogens with one attached hydrogen (secondary N) is 1. The summed E-state index contributed by atoms with van der Waals surface area (Å²) < 4.78 is 0. The van der Waals surface area contributed by atoms with Crippen molar-refractivity contribution in [2.75, 3.05) is 32.7 Å². The molecule has 0 unspecified atom stereocenters. The van der Waals surface area contributed by atoms with Gasteiger partial charge in [0.2, 0.25) is 0 Å². The molecule has 2 aliphatic rings. The average Bonchev–Trinajstić information content (AvgIpc) is 2.75. The Morgan fingerprint density at radius 1 is 1.06 bits per heavy atom. The Bertz CT molecular complexity index is 238. The van der Waals surface area contributed by atoms with Gasteiger partial charge in [-0.1, -0.05) is 20.8 Å². The molecule has 0 spiro atoms. The molecule has 0 saturated carbocycles. The molecule has 0 aromatic carbocycles. The molecule has 0 radical (unpaired) electrons. The van der Waals surface area contributed by atoms with E-state index in [1.807, 2.05) is 0 Å². The summed E-state index contributed by atoms with van der Waals surface area (Å²) in [5.41, 5.74) is 0.516. The number of hydrogen-bond acceptors (Lipinski definition) is 2. The lowest BCUT2D eigenvalue weighted by Gasteiger charge is -2.27. The third-order valence-electron chi connectivity index (χ3n) is 4.65. The number of hydrogen-bond donors (Lipinski definition) is 1. The first-order valence-corrected chi connectivity index (χ1v) is 7.96. The van der Waals surface area contributed by atoms with Crippen molar-refractivity contribution in [3.05, 3.63) is 0 Å². The predicted octanol–water partition coefficient (Wildman–Crippen LogP) is 3.13. The summed E-state index contributed by atoms with van der Waals surface area (Å²) in [5, 5.41) is 3.47. The molecule has 0 aromatic heterocycles. The second-order valence-electron chi connectivity index (χ2n) is 7.71. The monoisotopic (exact) mass is 252 g/mol. The van der Waals surface area contributed by atoms with E-state index in [2.05, 4.69) is 31.0 Å². The van der Waals surface area contributed by atoms with Gasteiger partial charge in [0.05, 0.1) is 0 Å². The number of piperidine rings is 1. The molecule has 2 nitrogen and oxygen atoms in total. The van der Waals surface area contributed by atoms with E-state index in [-0.39, 0.29) is 0 Å². The van der Waals surface area contributed by atoms with Gasteiger partial charge in [0.1, 0.15) is 0 Å². The first-order valence-electron chi connectivity index (χ1n) is 7.96. The van der Waals surface area contributed by atoms with Crippen LogP contribution in [-0.4, -0.2) is 37.6 Å². The Labute approximate surface area is 114 Å². The summed E-state index contributed by atoms with van der Waals surface area (Å²) in [6, 6.07) is 0. The summed E-state index contributed by atoms with van der Waals surface area (Å²) in [7, 11) is 0. The molecule has 106 valence electrons. The fourth-order valence-electron chi connectivity index (χ4n) is 3.38. The van der Waals surface area contributed by atoms with Crippen molar-refractivity contribution < 1.29 is 0 Å². The minimum atomic E-state index is 0.516. The van der Waals surface area contributed by atoms with Crippen LogP contribution in [0.3, 0.4) is 0 Å². The van der Waals surface area contributed by atoms with Crippen LogP contribution in [-0.2, 0) is 0 Å². The molecule has 2 fully saturated rings. The second-order valence-corrected chi connectivity index (χ2v) is 7.71. The van der Waals surface area contributed by atoms with Crippen LogP contribution in [0.25, 0.3) is 0 Å². The minimum Gasteiger partial charge on any atom is -0.317 e. The fourth-order valence-corrected chi connectivity index (χ4v) is 3.38. The summed E-state index contributed by atoms with van der Waals surface area (Å²) in [5.74, 6) is 1.94. The summed E-state index contributed by atoms with van der Waals surface area (Å²) in [6.45, 7) is 13.7. The van der Waals surface area contributed by atoms with Crippen molar-refractivity contribution in [1.82, 2.24) is 10.2 Å². The van der Waals surface area contributed by atoms with Crippen molar-refractivity contribution in [3.8, 4) is 0 Å². The smallest absolute Gasteiger partial charge is 0.00107 e. The Hall–Kier alpha value is -0.0800. The van der Waals surface area contributed by atoms with E-state index < -0.39 is 0 Å². The summed E-state index contributed by atoms with van der Waals surface area (Å²) in [4.78, 5) is 2.74. The normalized spacial score (nSPS) is 27.8. The van der Waals surface area contributed by atoms with Gasteiger partial charge in [0.15, 0.2) is 0 Å². The van der Waals surface area contributed by atoms with E-state index in [4.69, 9.17) is 0 Å². The van der Waals surface area contributed by atoms with Gasteiger partial charge in [-0.2, -0.15) is 0 Å². The first kappa shape index (κ1) is 14.3. The zero-order chi connectivity index (χ0) is 13.0. The van der Waals surface area contributed by atoms with Gasteiger partial charge >= 0.3 is 0 Å². The molecule has 2 saturated heterocycles. The Balaban J connectivity index is 1.65. The highest BCUT2D eigenvalue weighted by atomic mass is 15.1. The van der Waals surface area contributed by atoms with Crippen LogP contribution in [0, 0.1) is 17.3 Å². The quantitative estimate of drug-likeness (QED) is 0.827. The minimum absolute atomic E-state index is 0.516. The highest BCUT2D eigenvalue weighted by Crippen LogP contribution is 2.29. The van der Waals surface area contributed by atoms with Crippen LogP contribution in [0.1, 0.15) is 52.9 Å². The maximum absolute atomic E-state index is 3.47. The Morgan fingerprint density at radius 2 is 1.78 bits per heavy atom. The topological polar surface area (TPSA) is 15.3 Å². The molecule has 2 heteroatoms. The van der Waals surface area contributed by atoms with Gasteiger partial charge in [0.25, 0.3) is 0 Å². The molecular weight excluding hydrogens is 220 g/mol. The van der Waals surface area contributed by atoms with Crippen LogP contribution < -0.4 is 5.32 Å². The van der Waals surface area contributed by atoms with Gasteiger partial charge < -0.3 is 10.2 Å². The molecular formula is C16H32N2. The van der Waals surface area contributed by atoms with Gasteiger partial charge in [-0.25, -0.2) is 0 Å². The molecule has 0 aromatic rings. The largest absolute Gasteiger partial charge is 0.317 e. The van der Waals surface area contributed by atoms with Crippen molar-refractivity contribution in [1.29, 1.82) is 0 Å². The van der Waals surface area contributed by atoms with E-state index in [1.54, 1.807) is 0 Å². The van der Waals surface area contributed by atoms with Gasteiger partial charge in [-0.15, -0.1) is 0 Å². The molecule has 2 aliphatic heterocycles. The lowest BCUT2D eigenvalue weighted by Crippen LogP contribution is -2.35. The van der Waals surface area contributed by atoms with E-state index in [1.165, 1.54) is 64.8 Å². The molecule has 18 heavy (non-hydrogen) atoms. The van der Waals surface area contributed by atoms with Crippen molar-refractivity contribution >= 4 is 0 Å². The number of nitrogens with zero attached hydrogens (tertiary/aromatic N) is 1. The molecule has 2 rings (SSSR count). The van der Waals surface area contributed by atoms with Gasteiger partial charge in [-0.3, -0.25) is 0 Å². The van der Waals surface area contributed by atoms with E-state index in [0.717, 1.165) is 11.8 Å². The second kappa shape index (κ2) is 6.38. The maximum atomic E-state index is 3.47. The first-order chi connectivity index (χ1) is 8.53. The predicted molar refractivity (Wildman–Crippen MR) is 78.8 cm³/mol. The zero-order valence-electron chi connectivity index (χ0n) is 12.7. The van der Waals surface area contributed by atoms with Crippen LogP contribution in [0.4, 0.5) is 0 Å². The highest BCUT2D eigenvalue weighted by molar-refractivity contribution is 4.80. The number of rotatable bonds is 4. The van der Waals surface area contributed by atoms with E-state index in [9.17, 15) is 0 Å². The summed E-state index contributed by atoms with van der Waals surface area (Å²) >= 11 is 0. The van der Waals surface area contributed by atoms with Crippen LogP contribution in [0.5, 0.6) is 0 Å². The SMILES string of the molecule is CC(C)(C)CC[C@@H]1CCN(CC2CCNCC2)C1. The summed E-state index contributed by atoms with van der Waals surface area (Å²) in [6.07, 6.45) is 7.05. The molecule has 0 bridgehead atoms. The lowest BCUT2D eigenvalue weighted by molar-refractivity contribution is 0.229. The van der Waals surface area contributed by atoms with Gasteiger partial charge in [0, 0.05) is 13.1 Å². The maximum Gasteiger partial charge on any atom is 0.00107 e. The molecule has 0 amide bonds. The van der Waals surface area contributed by atoms with E-state index in [0.29, 0.717) is 5.41 Å². The van der Waals surface area contributed by atoms with Crippen molar-refractivity contribution in [2.24, 2.45) is 17.3 Å². The Morgan fingerprint density at radius 3 is 2.44 bits per heavy atom. The average molecular weight is 252 g/mol. The van der Waals surface area contributed by atoms with Crippen LogP contribution >= 0.6 is 0 Å². The third-order valence-corrected chi connectivity index (χ3v) is 4.65. The van der Waals surface area contributed by atoms with Crippen molar-refractivity contribution in [3.63, 3.8) is 0 Å². The van der Waals surface area contributed by atoms with E-state index >= 15 is 0 Å². The van der Waals surface area contributed by atoms with Gasteiger partial charge in [-0.05, 0) is 69.0 Å². The van der Waals surface area contributed by atoms with Crippen molar-refractivity contribution in [2.45, 2.75) is 52.9 Å². The molecule has 1 atom stereocenters. The molecule has 2 heterocycles. The Kier molecular flexibility index (Phi) is 5.08. The standard InChI is InChI=1S/C16H32N2/c1-16(2,3)8-4-14-7-11-18(12-14)13-15-5-9-17-10-6-15/h14-15,17H,4-13H2,1-3H3/t14-/m1/s1. The zero-order valence-corrected chi connectivity index (χ0v) is 12.7. The third kappa shape index (κ3) is 4.89. The lowest BCUT2D eigenvalue weighted by atomic mass is 9.86. The number of likely N-dealkylation sites (tertiary alicyclic amines) is 1. The molecule has 0 aliphatic carbocycles.